The Labute approximate surface area is 171 Å². The van der Waals surface area contributed by atoms with Gasteiger partial charge in [0.1, 0.15) is 29.2 Å². The maximum atomic E-state index is 13.9. The number of hydrogen-bond donors (Lipinski definition) is 2. The zero-order chi connectivity index (χ0) is 21.7. The number of anilines is 1. The van der Waals surface area contributed by atoms with Crippen molar-refractivity contribution in [1.29, 1.82) is 0 Å². The quantitative estimate of drug-likeness (QED) is 0.596. The molecule has 0 aliphatic carbocycles. The van der Waals surface area contributed by atoms with E-state index in [0.717, 1.165) is 42.5 Å². The molecule has 0 radical (unpaired) electrons. The average molecular weight is 434 g/mol. The van der Waals surface area contributed by atoms with Gasteiger partial charge in [-0.3, -0.25) is 4.79 Å². The van der Waals surface area contributed by atoms with E-state index < -0.39 is 45.1 Å². The molecule has 30 heavy (non-hydrogen) atoms. The molecule has 3 aromatic rings. The van der Waals surface area contributed by atoms with Gasteiger partial charge in [-0.05, 0) is 48.4 Å². The lowest BCUT2D eigenvalue weighted by molar-refractivity contribution is -0.117. The van der Waals surface area contributed by atoms with Crippen molar-refractivity contribution in [2.24, 2.45) is 0 Å². The molecule has 0 aliphatic rings. The number of rotatable bonds is 7. The minimum Gasteiger partial charge on any atom is -0.320 e. The van der Waals surface area contributed by atoms with Crippen molar-refractivity contribution in [3.8, 4) is 0 Å². The summed E-state index contributed by atoms with van der Waals surface area (Å²) in [5, 5.41) is 2.11. The van der Waals surface area contributed by atoms with Gasteiger partial charge in [0.25, 0.3) is 0 Å². The molecule has 3 rings (SSSR count). The summed E-state index contributed by atoms with van der Waals surface area (Å²) in [6.45, 7) is 0. The van der Waals surface area contributed by atoms with Crippen molar-refractivity contribution in [3.05, 3.63) is 95.8 Å². The summed E-state index contributed by atoms with van der Waals surface area (Å²) in [6.07, 6.45) is -0.0802. The minimum absolute atomic E-state index is 0.0802. The van der Waals surface area contributed by atoms with Gasteiger partial charge in [-0.2, -0.15) is 4.72 Å². The molecule has 0 saturated carbocycles. The van der Waals surface area contributed by atoms with Crippen molar-refractivity contribution in [2.75, 3.05) is 5.32 Å². The fourth-order valence-electron chi connectivity index (χ4n) is 2.73. The van der Waals surface area contributed by atoms with Gasteiger partial charge in [0, 0.05) is 0 Å². The number of sulfonamides is 1. The summed E-state index contributed by atoms with van der Waals surface area (Å²) in [5.41, 5.74) is -0.0602. The van der Waals surface area contributed by atoms with Gasteiger partial charge in [-0.1, -0.05) is 36.4 Å². The molecule has 0 heterocycles. The highest BCUT2D eigenvalue weighted by Gasteiger charge is 2.27. The number of benzene rings is 3. The Balaban J connectivity index is 1.90. The molecule has 9 heteroatoms. The van der Waals surface area contributed by atoms with E-state index in [1.165, 1.54) is 0 Å². The average Bonchev–Trinajstić information content (AvgIpc) is 2.71. The summed E-state index contributed by atoms with van der Waals surface area (Å²) in [7, 11) is -4.22. The number of nitrogens with one attached hydrogen (secondary N) is 2. The van der Waals surface area contributed by atoms with Crippen LogP contribution in [0.5, 0.6) is 0 Å². The van der Waals surface area contributed by atoms with Crippen molar-refractivity contribution in [3.63, 3.8) is 0 Å². The van der Waals surface area contributed by atoms with Gasteiger partial charge >= 0.3 is 0 Å². The van der Waals surface area contributed by atoms with E-state index in [2.05, 4.69) is 10.0 Å². The van der Waals surface area contributed by atoms with Gasteiger partial charge in [-0.15, -0.1) is 0 Å². The highest BCUT2D eigenvalue weighted by atomic mass is 32.2. The fourth-order valence-corrected chi connectivity index (χ4v) is 3.93. The Morgan fingerprint density at radius 2 is 1.43 bits per heavy atom. The Bertz CT molecular complexity index is 1120. The lowest BCUT2D eigenvalue weighted by Gasteiger charge is -2.19. The first-order chi connectivity index (χ1) is 14.3. The van der Waals surface area contributed by atoms with Gasteiger partial charge in [0.2, 0.25) is 15.9 Å². The third-order valence-corrected chi connectivity index (χ3v) is 5.72. The van der Waals surface area contributed by atoms with Crippen LogP contribution in [0.3, 0.4) is 0 Å². The number of para-hydroxylation sites is 1. The molecule has 1 atom stereocenters. The molecule has 156 valence electrons. The van der Waals surface area contributed by atoms with Crippen LogP contribution >= 0.6 is 0 Å². The predicted molar refractivity (Wildman–Crippen MR) is 106 cm³/mol. The molecule has 0 fully saturated rings. The third-order valence-electron chi connectivity index (χ3n) is 4.23. The van der Waals surface area contributed by atoms with Gasteiger partial charge in [0.05, 0.1) is 4.90 Å². The van der Waals surface area contributed by atoms with Crippen LogP contribution in [-0.4, -0.2) is 20.4 Å². The molecule has 1 amide bonds. The monoisotopic (exact) mass is 434 g/mol. The minimum atomic E-state index is -4.22. The van der Waals surface area contributed by atoms with Crippen molar-refractivity contribution >= 4 is 21.6 Å². The number of carbonyl (C=O) groups excluding carboxylic acids is 1. The van der Waals surface area contributed by atoms with E-state index in [9.17, 15) is 26.4 Å². The van der Waals surface area contributed by atoms with E-state index in [0.29, 0.717) is 5.56 Å². The van der Waals surface area contributed by atoms with Gasteiger partial charge in [-0.25, -0.2) is 21.6 Å². The first-order valence-electron chi connectivity index (χ1n) is 8.83. The fraction of sp³-hybridized carbons (Fsp3) is 0.0952. The Morgan fingerprint density at radius 1 is 0.833 bits per heavy atom. The molecule has 0 aliphatic heterocycles. The standard InChI is InChI=1S/C21H17F3N2O3S/c22-15-9-11-16(12-10-15)30(28,29)26-19(13-14-5-2-1-3-6-14)21(27)25-20-17(23)7-4-8-18(20)24/h1-12,19,26H,13H2,(H,25,27)/t19-/m1/s1. The lowest BCUT2D eigenvalue weighted by atomic mass is 10.1. The molecule has 0 saturated heterocycles. The van der Waals surface area contributed by atoms with Crippen molar-refractivity contribution in [1.82, 2.24) is 4.72 Å². The van der Waals surface area contributed by atoms with Crippen LogP contribution in [0.25, 0.3) is 0 Å². The molecule has 0 unspecified atom stereocenters. The summed E-state index contributed by atoms with van der Waals surface area (Å²) in [6, 6.07) is 14.2. The topological polar surface area (TPSA) is 75.3 Å². The van der Waals surface area contributed by atoms with Crippen LogP contribution in [-0.2, 0) is 21.2 Å². The Kier molecular flexibility index (Phi) is 6.53. The summed E-state index contributed by atoms with van der Waals surface area (Å²) < 4.78 is 68.5. The van der Waals surface area contributed by atoms with Crippen molar-refractivity contribution < 1.29 is 26.4 Å². The second-order valence-corrected chi connectivity index (χ2v) is 8.12. The molecular formula is C21H17F3N2O3S. The Hall–Kier alpha value is -3.17. The third kappa shape index (κ3) is 5.25. The number of halogens is 3. The molecule has 0 aromatic heterocycles. The van der Waals surface area contributed by atoms with E-state index in [4.69, 9.17) is 0 Å². The summed E-state index contributed by atoms with van der Waals surface area (Å²) in [5.74, 6) is -3.57. The first kappa shape index (κ1) is 21.5. The predicted octanol–water partition coefficient (Wildman–Crippen LogP) is 3.63. The number of hydrogen-bond acceptors (Lipinski definition) is 3. The molecular weight excluding hydrogens is 417 g/mol. The van der Waals surface area contributed by atoms with Crippen LogP contribution in [0.2, 0.25) is 0 Å². The molecule has 0 bridgehead atoms. The Morgan fingerprint density at radius 3 is 2.03 bits per heavy atom. The van der Waals surface area contributed by atoms with Crippen LogP contribution in [0.4, 0.5) is 18.9 Å². The van der Waals surface area contributed by atoms with E-state index in [-0.39, 0.29) is 11.3 Å². The second kappa shape index (κ2) is 9.10. The van der Waals surface area contributed by atoms with Crippen LogP contribution < -0.4 is 10.0 Å². The molecule has 0 spiro atoms. The van der Waals surface area contributed by atoms with Gasteiger partial charge < -0.3 is 5.32 Å². The summed E-state index contributed by atoms with van der Waals surface area (Å²) in [4.78, 5) is 12.5. The van der Waals surface area contributed by atoms with Crippen LogP contribution in [0, 0.1) is 17.5 Å². The second-order valence-electron chi connectivity index (χ2n) is 6.40. The number of amides is 1. The maximum Gasteiger partial charge on any atom is 0.243 e. The van der Waals surface area contributed by atoms with Crippen LogP contribution in [0.1, 0.15) is 5.56 Å². The highest BCUT2D eigenvalue weighted by Crippen LogP contribution is 2.19. The van der Waals surface area contributed by atoms with E-state index >= 15 is 0 Å². The zero-order valence-corrected chi connectivity index (χ0v) is 16.3. The number of carbonyl (C=O) groups is 1. The first-order valence-corrected chi connectivity index (χ1v) is 10.3. The molecule has 2 N–H and O–H groups in total. The normalized spacial score (nSPS) is 12.4. The van der Waals surface area contributed by atoms with Crippen LogP contribution in [0.15, 0.2) is 77.7 Å². The van der Waals surface area contributed by atoms with Gasteiger partial charge in [0.15, 0.2) is 0 Å². The maximum absolute atomic E-state index is 13.9. The van der Waals surface area contributed by atoms with Crippen molar-refractivity contribution in [2.45, 2.75) is 17.4 Å². The molecule has 5 nitrogen and oxygen atoms in total. The highest BCUT2D eigenvalue weighted by molar-refractivity contribution is 7.89. The van der Waals surface area contributed by atoms with E-state index in [1.807, 2.05) is 0 Å². The smallest absolute Gasteiger partial charge is 0.243 e. The SMILES string of the molecule is O=C(Nc1c(F)cccc1F)[C@@H](Cc1ccccc1)NS(=O)(=O)c1ccc(F)cc1. The summed E-state index contributed by atoms with van der Waals surface area (Å²) >= 11 is 0. The zero-order valence-electron chi connectivity index (χ0n) is 15.5. The molecule has 3 aromatic carbocycles. The van der Waals surface area contributed by atoms with E-state index in [1.54, 1.807) is 30.3 Å². The largest absolute Gasteiger partial charge is 0.320 e. The lowest BCUT2D eigenvalue weighted by Crippen LogP contribution is -2.45.